The quantitative estimate of drug-likeness (QED) is 0.463. The third-order valence-electron chi connectivity index (χ3n) is 1.56. The fourth-order valence-corrected chi connectivity index (χ4v) is 1.22. The molecule has 74 valence electrons. The van der Waals surface area contributed by atoms with Crippen molar-refractivity contribution in [3.63, 3.8) is 0 Å². The predicted molar refractivity (Wildman–Crippen MR) is 56.9 cm³/mol. The van der Waals surface area contributed by atoms with E-state index >= 15 is 0 Å². The number of carbonyl (C=O) groups is 1. The molecule has 0 aliphatic carbocycles. The highest BCUT2D eigenvalue weighted by Gasteiger charge is 1.95. The lowest BCUT2D eigenvalue weighted by Crippen LogP contribution is -1.93. The van der Waals surface area contributed by atoms with Crippen LogP contribution in [-0.4, -0.2) is 13.1 Å². The first-order valence-corrected chi connectivity index (χ1v) is 4.31. The van der Waals surface area contributed by atoms with E-state index in [4.69, 9.17) is 17.3 Å². The van der Waals surface area contributed by atoms with Crippen molar-refractivity contribution >= 4 is 29.3 Å². The van der Waals surface area contributed by atoms with Crippen LogP contribution in [0.3, 0.4) is 0 Å². The first-order chi connectivity index (χ1) is 6.61. The lowest BCUT2D eigenvalue weighted by Gasteiger charge is -1.98. The highest BCUT2D eigenvalue weighted by Crippen LogP contribution is 2.17. The normalized spacial score (nSPS) is 10.4. The maximum atomic E-state index is 10.8. The van der Waals surface area contributed by atoms with Crippen molar-refractivity contribution in [1.82, 2.24) is 0 Å². The summed E-state index contributed by atoms with van der Waals surface area (Å²) in [5.74, 6) is -0.413. The number of nitrogen functional groups attached to an aromatic ring is 1. The highest BCUT2D eigenvalue weighted by molar-refractivity contribution is 6.31. The molecule has 1 aromatic carbocycles. The van der Waals surface area contributed by atoms with Crippen LogP contribution in [0.1, 0.15) is 5.56 Å². The van der Waals surface area contributed by atoms with Gasteiger partial charge >= 0.3 is 5.97 Å². The van der Waals surface area contributed by atoms with Gasteiger partial charge in [0.25, 0.3) is 0 Å². The Labute approximate surface area is 87.1 Å². The summed E-state index contributed by atoms with van der Waals surface area (Å²) in [6, 6.07) is 5.06. The number of ether oxygens (including phenoxy) is 1. The SMILES string of the molecule is COC(=O)C=Cc1cc(N)cc(Cl)c1. The number of benzene rings is 1. The van der Waals surface area contributed by atoms with Crippen molar-refractivity contribution in [3.8, 4) is 0 Å². The molecule has 14 heavy (non-hydrogen) atoms. The minimum Gasteiger partial charge on any atom is -0.466 e. The van der Waals surface area contributed by atoms with Crippen molar-refractivity contribution in [3.05, 3.63) is 34.9 Å². The van der Waals surface area contributed by atoms with Gasteiger partial charge in [-0.05, 0) is 29.8 Å². The average Bonchev–Trinajstić information content (AvgIpc) is 2.12. The molecule has 0 unspecified atom stereocenters. The van der Waals surface area contributed by atoms with Gasteiger partial charge in [-0.2, -0.15) is 0 Å². The van der Waals surface area contributed by atoms with Crippen LogP contribution in [0.5, 0.6) is 0 Å². The van der Waals surface area contributed by atoms with Gasteiger partial charge in [0.1, 0.15) is 0 Å². The molecule has 0 bridgehead atoms. The molecule has 1 aromatic rings. The van der Waals surface area contributed by atoms with Crippen molar-refractivity contribution in [2.45, 2.75) is 0 Å². The Morgan fingerprint density at radius 1 is 1.50 bits per heavy atom. The molecule has 0 amide bonds. The summed E-state index contributed by atoms with van der Waals surface area (Å²) in [5, 5.41) is 0.537. The number of hydrogen-bond acceptors (Lipinski definition) is 3. The molecule has 0 aliphatic rings. The van der Waals surface area contributed by atoms with Gasteiger partial charge in [-0.25, -0.2) is 4.79 Å². The van der Waals surface area contributed by atoms with Gasteiger partial charge in [-0.3, -0.25) is 0 Å². The molecule has 1 rings (SSSR count). The molecule has 0 saturated carbocycles. The molecule has 0 fully saturated rings. The summed E-state index contributed by atoms with van der Waals surface area (Å²) >= 11 is 5.77. The summed E-state index contributed by atoms with van der Waals surface area (Å²) < 4.78 is 4.44. The number of hydrogen-bond donors (Lipinski definition) is 1. The number of rotatable bonds is 2. The third kappa shape index (κ3) is 3.11. The smallest absolute Gasteiger partial charge is 0.330 e. The number of esters is 1. The largest absolute Gasteiger partial charge is 0.466 e. The monoisotopic (exact) mass is 211 g/mol. The molecule has 0 atom stereocenters. The fraction of sp³-hybridized carbons (Fsp3) is 0.100. The molecule has 2 N–H and O–H groups in total. The van der Waals surface area contributed by atoms with E-state index in [9.17, 15) is 4.79 Å². The first-order valence-electron chi connectivity index (χ1n) is 3.94. The van der Waals surface area contributed by atoms with E-state index in [1.54, 1.807) is 24.3 Å². The van der Waals surface area contributed by atoms with Crippen molar-refractivity contribution < 1.29 is 9.53 Å². The fourth-order valence-electron chi connectivity index (χ4n) is 0.964. The molecular weight excluding hydrogens is 202 g/mol. The molecular formula is C10H10ClNO2. The predicted octanol–water partition coefficient (Wildman–Crippen LogP) is 2.11. The van der Waals surface area contributed by atoms with Crippen molar-refractivity contribution in [2.24, 2.45) is 0 Å². The summed E-state index contributed by atoms with van der Waals surface area (Å²) in [4.78, 5) is 10.8. The molecule has 3 nitrogen and oxygen atoms in total. The Morgan fingerprint density at radius 2 is 2.21 bits per heavy atom. The number of nitrogens with two attached hydrogens (primary N) is 1. The zero-order valence-corrected chi connectivity index (χ0v) is 8.41. The van der Waals surface area contributed by atoms with Crippen LogP contribution < -0.4 is 5.73 Å². The van der Waals surface area contributed by atoms with Gasteiger partial charge in [-0.15, -0.1) is 0 Å². The molecule has 0 aliphatic heterocycles. The van der Waals surface area contributed by atoms with E-state index in [2.05, 4.69) is 4.74 Å². The van der Waals surface area contributed by atoms with Crippen LogP contribution in [0, 0.1) is 0 Å². The van der Waals surface area contributed by atoms with E-state index in [1.165, 1.54) is 13.2 Å². The Bertz CT molecular complexity index is 354. The lowest BCUT2D eigenvalue weighted by atomic mass is 10.2. The van der Waals surface area contributed by atoms with Crippen LogP contribution in [0.4, 0.5) is 5.69 Å². The second-order valence-corrected chi connectivity index (χ2v) is 3.11. The molecule has 0 saturated heterocycles. The Hall–Kier alpha value is -1.48. The molecule has 0 aromatic heterocycles. The number of halogens is 1. The van der Waals surface area contributed by atoms with E-state index < -0.39 is 5.97 Å². The highest BCUT2D eigenvalue weighted by atomic mass is 35.5. The van der Waals surface area contributed by atoms with Crippen LogP contribution in [0.15, 0.2) is 24.3 Å². The number of anilines is 1. The molecule has 0 heterocycles. The minimum atomic E-state index is -0.413. The Balaban J connectivity index is 2.86. The van der Waals surface area contributed by atoms with Gasteiger partial charge in [0, 0.05) is 16.8 Å². The van der Waals surface area contributed by atoms with E-state index in [-0.39, 0.29) is 0 Å². The zero-order chi connectivity index (χ0) is 10.6. The molecule has 0 spiro atoms. The number of carbonyl (C=O) groups excluding carboxylic acids is 1. The number of methoxy groups -OCH3 is 1. The summed E-state index contributed by atoms with van der Waals surface area (Å²) in [6.07, 6.45) is 2.90. The van der Waals surface area contributed by atoms with E-state index in [0.717, 1.165) is 5.56 Å². The maximum Gasteiger partial charge on any atom is 0.330 e. The van der Waals surface area contributed by atoms with Crippen LogP contribution in [0.2, 0.25) is 5.02 Å². The van der Waals surface area contributed by atoms with Crippen molar-refractivity contribution in [1.29, 1.82) is 0 Å². The van der Waals surface area contributed by atoms with Gasteiger partial charge in [0.2, 0.25) is 0 Å². The van der Waals surface area contributed by atoms with Crippen LogP contribution >= 0.6 is 11.6 Å². The molecule has 0 radical (unpaired) electrons. The Kier molecular flexibility index (Phi) is 3.54. The van der Waals surface area contributed by atoms with Gasteiger partial charge in [-0.1, -0.05) is 11.6 Å². The third-order valence-corrected chi connectivity index (χ3v) is 1.77. The van der Waals surface area contributed by atoms with Gasteiger partial charge < -0.3 is 10.5 Å². The molecule has 4 heteroatoms. The standard InChI is InChI=1S/C10H10ClNO2/c1-14-10(13)3-2-7-4-8(11)6-9(12)5-7/h2-6H,12H2,1H3. The minimum absolute atomic E-state index is 0.413. The zero-order valence-electron chi connectivity index (χ0n) is 7.66. The lowest BCUT2D eigenvalue weighted by molar-refractivity contribution is -0.134. The van der Waals surface area contributed by atoms with E-state index in [0.29, 0.717) is 10.7 Å². The van der Waals surface area contributed by atoms with Crippen molar-refractivity contribution in [2.75, 3.05) is 12.8 Å². The van der Waals surface area contributed by atoms with E-state index in [1.807, 2.05) is 0 Å². The Morgan fingerprint density at radius 3 is 2.79 bits per heavy atom. The summed E-state index contributed by atoms with van der Waals surface area (Å²) in [5.41, 5.74) is 6.89. The van der Waals surface area contributed by atoms with Gasteiger partial charge in [0.15, 0.2) is 0 Å². The second kappa shape index (κ2) is 4.67. The summed E-state index contributed by atoms with van der Waals surface area (Å²) in [6.45, 7) is 0. The van der Waals surface area contributed by atoms with Crippen LogP contribution in [-0.2, 0) is 9.53 Å². The average molecular weight is 212 g/mol. The van der Waals surface area contributed by atoms with Gasteiger partial charge in [0.05, 0.1) is 7.11 Å². The second-order valence-electron chi connectivity index (χ2n) is 2.67. The topological polar surface area (TPSA) is 52.3 Å². The van der Waals surface area contributed by atoms with Crippen LogP contribution in [0.25, 0.3) is 6.08 Å². The summed E-state index contributed by atoms with van der Waals surface area (Å²) in [7, 11) is 1.32. The maximum absolute atomic E-state index is 10.8. The first kappa shape index (κ1) is 10.6.